The summed E-state index contributed by atoms with van der Waals surface area (Å²) in [4.78, 5) is 18.2. The van der Waals surface area contributed by atoms with Crippen LogP contribution in [0.3, 0.4) is 0 Å². The van der Waals surface area contributed by atoms with Crippen molar-refractivity contribution < 1.29 is 4.79 Å². The second-order valence-corrected chi connectivity index (χ2v) is 5.00. The van der Waals surface area contributed by atoms with Crippen molar-refractivity contribution in [1.29, 1.82) is 0 Å². The monoisotopic (exact) mass is 247 g/mol. The second kappa shape index (κ2) is 5.96. The van der Waals surface area contributed by atoms with Crippen LogP contribution in [-0.2, 0) is 4.79 Å². The number of likely N-dealkylation sites (tertiary alicyclic amines) is 1. The summed E-state index contributed by atoms with van der Waals surface area (Å²) < 4.78 is 0. The highest BCUT2D eigenvalue weighted by Crippen LogP contribution is 2.23. The maximum atomic E-state index is 12.3. The van der Waals surface area contributed by atoms with Crippen molar-refractivity contribution in [2.24, 2.45) is 5.73 Å². The van der Waals surface area contributed by atoms with E-state index in [0.717, 1.165) is 19.4 Å². The maximum absolute atomic E-state index is 12.3. The third kappa shape index (κ3) is 2.88. The summed E-state index contributed by atoms with van der Waals surface area (Å²) in [6, 6.07) is 4.20. The average Bonchev–Trinajstić information content (AvgIpc) is 2.88. The number of carbonyl (C=O) groups excluding carboxylic acids is 1. The Labute approximate surface area is 108 Å². The van der Waals surface area contributed by atoms with Crippen LogP contribution in [0.15, 0.2) is 24.5 Å². The largest absolute Gasteiger partial charge is 0.338 e. The van der Waals surface area contributed by atoms with Crippen LogP contribution in [0.1, 0.15) is 37.7 Å². The van der Waals surface area contributed by atoms with Crippen LogP contribution in [0.25, 0.3) is 0 Å². The third-order valence-corrected chi connectivity index (χ3v) is 3.73. The number of aromatic nitrogens is 1. The quantitative estimate of drug-likeness (QED) is 0.877. The van der Waals surface area contributed by atoms with E-state index in [1.54, 1.807) is 12.4 Å². The van der Waals surface area contributed by atoms with Gasteiger partial charge in [-0.2, -0.15) is 0 Å². The Morgan fingerprint density at radius 2 is 2.28 bits per heavy atom. The molecule has 1 amide bonds. The first-order valence-corrected chi connectivity index (χ1v) is 6.62. The summed E-state index contributed by atoms with van der Waals surface area (Å²) in [5.74, 6) is 0.465. The minimum absolute atomic E-state index is 0.229. The first-order chi connectivity index (χ1) is 8.72. The van der Waals surface area contributed by atoms with Gasteiger partial charge in [0.2, 0.25) is 5.91 Å². The van der Waals surface area contributed by atoms with Crippen LogP contribution in [0.5, 0.6) is 0 Å². The van der Waals surface area contributed by atoms with E-state index in [1.165, 1.54) is 5.56 Å². The van der Waals surface area contributed by atoms with E-state index < -0.39 is 0 Å². The second-order valence-electron chi connectivity index (χ2n) is 5.00. The predicted molar refractivity (Wildman–Crippen MR) is 71.1 cm³/mol. The highest BCUT2D eigenvalue weighted by Gasteiger charge is 2.28. The molecule has 0 unspecified atom stereocenters. The highest BCUT2D eigenvalue weighted by molar-refractivity contribution is 5.77. The van der Waals surface area contributed by atoms with E-state index >= 15 is 0 Å². The fourth-order valence-corrected chi connectivity index (χ4v) is 2.60. The standard InChI is InChI=1S/C14H21N3O/c1-11(12-4-6-16-7-5-12)9-14(18)17-8-2-3-13(17)10-15/h4-7,11,13H,2-3,8-10,15H2,1H3/t11-,13-/m0/s1. The van der Waals surface area contributed by atoms with Crippen LogP contribution >= 0.6 is 0 Å². The molecule has 4 heteroatoms. The summed E-state index contributed by atoms with van der Waals surface area (Å²) >= 11 is 0. The van der Waals surface area contributed by atoms with Crippen LogP contribution in [0.4, 0.5) is 0 Å². The number of pyridine rings is 1. The molecule has 0 aromatic carbocycles. The van der Waals surface area contributed by atoms with E-state index in [4.69, 9.17) is 5.73 Å². The number of nitrogens with two attached hydrogens (primary N) is 1. The van der Waals surface area contributed by atoms with Gasteiger partial charge in [0.15, 0.2) is 0 Å². The zero-order valence-corrected chi connectivity index (χ0v) is 10.9. The molecule has 1 saturated heterocycles. The molecule has 1 aromatic heterocycles. The van der Waals surface area contributed by atoms with E-state index in [9.17, 15) is 4.79 Å². The topological polar surface area (TPSA) is 59.2 Å². The number of amides is 1. The molecule has 0 bridgehead atoms. The molecule has 1 aliphatic heterocycles. The molecule has 0 spiro atoms. The molecule has 0 aliphatic carbocycles. The first kappa shape index (κ1) is 13.0. The Kier molecular flexibility index (Phi) is 4.31. The molecule has 2 heterocycles. The van der Waals surface area contributed by atoms with E-state index in [2.05, 4.69) is 11.9 Å². The molecule has 2 rings (SSSR count). The van der Waals surface area contributed by atoms with E-state index in [-0.39, 0.29) is 17.9 Å². The van der Waals surface area contributed by atoms with Crippen LogP contribution in [0, 0.1) is 0 Å². The van der Waals surface area contributed by atoms with Crippen molar-refractivity contribution in [2.75, 3.05) is 13.1 Å². The molecule has 4 nitrogen and oxygen atoms in total. The lowest BCUT2D eigenvalue weighted by Crippen LogP contribution is -2.40. The Morgan fingerprint density at radius 1 is 1.56 bits per heavy atom. The van der Waals surface area contributed by atoms with Crippen molar-refractivity contribution in [3.8, 4) is 0 Å². The van der Waals surface area contributed by atoms with Crippen molar-refractivity contribution >= 4 is 5.91 Å². The van der Waals surface area contributed by atoms with Gasteiger partial charge in [-0.1, -0.05) is 6.92 Å². The molecule has 0 radical (unpaired) electrons. The number of nitrogens with zero attached hydrogens (tertiary/aromatic N) is 2. The molecule has 1 aliphatic rings. The van der Waals surface area contributed by atoms with Crippen LogP contribution in [-0.4, -0.2) is 34.9 Å². The van der Waals surface area contributed by atoms with Crippen LogP contribution in [0.2, 0.25) is 0 Å². The highest BCUT2D eigenvalue weighted by atomic mass is 16.2. The Hall–Kier alpha value is -1.42. The number of hydrogen-bond acceptors (Lipinski definition) is 3. The van der Waals surface area contributed by atoms with Gasteiger partial charge >= 0.3 is 0 Å². The number of hydrogen-bond donors (Lipinski definition) is 1. The molecule has 2 N–H and O–H groups in total. The first-order valence-electron chi connectivity index (χ1n) is 6.62. The summed E-state index contributed by atoms with van der Waals surface area (Å²) in [6.07, 6.45) is 6.23. The smallest absolute Gasteiger partial charge is 0.223 e. The molecule has 2 atom stereocenters. The predicted octanol–water partition coefficient (Wildman–Crippen LogP) is 1.52. The fraction of sp³-hybridized carbons (Fsp3) is 0.571. The fourth-order valence-electron chi connectivity index (χ4n) is 2.60. The number of rotatable bonds is 4. The van der Waals surface area contributed by atoms with E-state index in [0.29, 0.717) is 13.0 Å². The summed E-state index contributed by atoms with van der Waals surface area (Å²) in [5, 5.41) is 0. The Bertz CT molecular complexity index is 393. The summed E-state index contributed by atoms with van der Waals surface area (Å²) in [5.41, 5.74) is 6.87. The third-order valence-electron chi connectivity index (χ3n) is 3.73. The van der Waals surface area contributed by atoms with Crippen LogP contribution < -0.4 is 5.73 Å². The lowest BCUT2D eigenvalue weighted by molar-refractivity contribution is -0.132. The lowest BCUT2D eigenvalue weighted by atomic mass is 9.98. The zero-order valence-electron chi connectivity index (χ0n) is 10.9. The minimum Gasteiger partial charge on any atom is -0.338 e. The van der Waals surface area contributed by atoms with Crippen molar-refractivity contribution in [2.45, 2.75) is 38.1 Å². The number of carbonyl (C=O) groups is 1. The van der Waals surface area contributed by atoms with Gasteiger partial charge in [-0.3, -0.25) is 9.78 Å². The van der Waals surface area contributed by atoms with E-state index in [1.807, 2.05) is 17.0 Å². The van der Waals surface area contributed by atoms with Crippen molar-refractivity contribution in [1.82, 2.24) is 9.88 Å². The van der Waals surface area contributed by atoms with Gasteiger partial charge in [0.05, 0.1) is 0 Å². The average molecular weight is 247 g/mol. The zero-order chi connectivity index (χ0) is 13.0. The van der Waals surface area contributed by atoms with Gasteiger partial charge in [0, 0.05) is 37.9 Å². The maximum Gasteiger partial charge on any atom is 0.223 e. The van der Waals surface area contributed by atoms with Gasteiger partial charge in [0.1, 0.15) is 0 Å². The van der Waals surface area contributed by atoms with Gasteiger partial charge in [-0.15, -0.1) is 0 Å². The molecule has 98 valence electrons. The van der Waals surface area contributed by atoms with Crippen molar-refractivity contribution in [3.05, 3.63) is 30.1 Å². The molecule has 18 heavy (non-hydrogen) atoms. The lowest BCUT2D eigenvalue weighted by Gasteiger charge is -2.25. The van der Waals surface area contributed by atoms with Crippen molar-refractivity contribution in [3.63, 3.8) is 0 Å². The van der Waals surface area contributed by atoms with Gasteiger partial charge < -0.3 is 10.6 Å². The van der Waals surface area contributed by atoms with Gasteiger partial charge in [0.25, 0.3) is 0 Å². The summed E-state index contributed by atoms with van der Waals surface area (Å²) in [6.45, 7) is 3.53. The molecular formula is C14H21N3O. The Morgan fingerprint density at radius 3 is 2.94 bits per heavy atom. The minimum atomic E-state index is 0.229. The molecule has 1 fully saturated rings. The van der Waals surface area contributed by atoms with Gasteiger partial charge in [-0.05, 0) is 36.5 Å². The normalized spacial score (nSPS) is 21.0. The van der Waals surface area contributed by atoms with Gasteiger partial charge in [-0.25, -0.2) is 0 Å². The SMILES string of the molecule is C[C@@H](CC(=O)N1CCC[C@H]1CN)c1ccncc1. The summed E-state index contributed by atoms with van der Waals surface area (Å²) in [7, 11) is 0. The molecule has 0 saturated carbocycles. The molecular weight excluding hydrogens is 226 g/mol. The Balaban J connectivity index is 1.95. The molecule has 1 aromatic rings.